The smallest absolute Gasteiger partial charge is 0.303 e. The Balaban J connectivity index is 0.000000619. The Morgan fingerprint density at radius 1 is 1.03 bits per heavy atom. The summed E-state index contributed by atoms with van der Waals surface area (Å²) in [5.41, 5.74) is 1.79. The van der Waals surface area contributed by atoms with E-state index < -0.39 is 5.97 Å². The molecule has 9 heteroatoms. The number of esters is 1. The molecule has 0 aliphatic heterocycles. The quantitative estimate of drug-likeness (QED) is 0.387. The van der Waals surface area contributed by atoms with Crippen LogP contribution in [-0.2, 0) is 27.4 Å². The van der Waals surface area contributed by atoms with Gasteiger partial charge in [0.2, 0.25) is 0 Å². The number of carbonyl (C=O) groups is 3. The number of carbonyl (C=O) groups excluding carboxylic acids is 3. The lowest BCUT2D eigenvalue weighted by Crippen LogP contribution is -2.14. The third-order valence-corrected chi connectivity index (χ3v) is 4.28. The molecule has 0 saturated carbocycles. The molecule has 0 spiro atoms. The van der Waals surface area contributed by atoms with E-state index in [1.54, 1.807) is 31.5 Å². The summed E-state index contributed by atoms with van der Waals surface area (Å²) in [6.07, 6.45) is 2.39. The van der Waals surface area contributed by atoms with Gasteiger partial charge in [0.25, 0.3) is 0 Å². The lowest BCUT2D eigenvalue weighted by atomic mass is 10.0. The van der Waals surface area contributed by atoms with Crippen molar-refractivity contribution in [1.29, 1.82) is 0 Å². The maximum absolute atomic E-state index is 11.5. The standard InChI is InChI=1S/C13H14O5.C10H10N2O2.2CH4/c1-9(15)18-8-12(16)5-10-3-4-13(17-2)6-11(10)7-14;1-14-8-2-3-9-7(4-8)5-11-10(6-13)12-9;;/h3-4,6-7H,5,8H2,1-2H3;2-5,13H,6H2,1H3;2*1H4. The van der Waals surface area contributed by atoms with Gasteiger partial charge in [0.15, 0.2) is 11.6 Å². The van der Waals surface area contributed by atoms with Gasteiger partial charge in [0.05, 0.1) is 19.7 Å². The maximum Gasteiger partial charge on any atom is 0.303 e. The molecule has 0 unspecified atom stereocenters. The van der Waals surface area contributed by atoms with Crippen molar-refractivity contribution in [2.24, 2.45) is 0 Å². The number of hydrogen-bond acceptors (Lipinski definition) is 9. The molecule has 1 N–H and O–H groups in total. The first kappa shape index (κ1) is 30.1. The van der Waals surface area contributed by atoms with E-state index in [9.17, 15) is 14.4 Å². The van der Waals surface area contributed by atoms with Crippen LogP contribution in [0.25, 0.3) is 10.9 Å². The first-order chi connectivity index (χ1) is 15.4. The van der Waals surface area contributed by atoms with Gasteiger partial charge in [-0.2, -0.15) is 0 Å². The zero-order valence-electron chi connectivity index (χ0n) is 18.0. The molecule has 0 amide bonds. The van der Waals surface area contributed by atoms with Gasteiger partial charge in [-0.05, 0) is 35.9 Å². The molecule has 34 heavy (non-hydrogen) atoms. The lowest BCUT2D eigenvalue weighted by Gasteiger charge is -2.07. The molecule has 0 aliphatic carbocycles. The molecule has 1 heterocycles. The zero-order valence-corrected chi connectivity index (χ0v) is 18.0. The van der Waals surface area contributed by atoms with Crippen molar-refractivity contribution < 1.29 is 33.7 Å². The molecule has 0 bridgehead atoms. The van der Waals surface area contributed by atoms with Crippen molar-refractivity contribution in [3.8, 4) is 11.5 Å². The average Bonchev–Trinajstić information content (AvgIpc) is 2.82. The molecular weight excluding hydrogens is 440 g/mol. The fourth-order valence-corrected chi connectivity index (χ4v) is 2.67. The average molecular weight is 473 g/mol. The minimum absolute atomic E-state index is 0. The predicted octanol–water partition coefficient (Wildman–Crippen LogP) is 3.59. The zero-order chi connectivity index (χ0) is 23.5. The number of ketones is 1. The number of Topliss-reactive ketones (excluding diaryl/α,β-unsaturated/α-hetero) is 1. The van der Waals surface area contributed by atoms with Crippen LogP contribution in [0.15, 0.2) is 42.6 Å². The highest BCUT2D eigenvalue weighted by Gasteiger charge is 2.10. The van der Waals surface area contributed by atoms with E-state index in [1.807, 2.05) is 18.2 Å². The number of benzene rings is 2. The minimum atomic E-state index is -0.506. The Morgan fingerprint density at radius 3 is 2.26 bits per heavy atom. The highest BCUT2D eigenvalue weighted by atomic mass is 16.5. The van der Waals surface area contributed by atoms with Crippen LogP contribution in [0.5, 0.6) is 11.5 Å². The Hall–Kier alpha value is -3.85. The number of hydrogen-bond donors (Lipinski definition) is 1. The third kappa shape index (κ3) is 8.95. The number of aromatic nitrogens is 2. The number of methoxy groups -OCH3 is 2. The maximum atomic E-state index is 11.5. The molecule has 9 nitrogen and oxygen atoms in total. The second kappa shape index (κ2) is 15.1. The molecule has 0 saturated heterocycles. The molecule has 0 fully saturated rings. The summed E-state index contributed by atoms with van der Waals surface area (Å²) in [7, 11) is 3.11. The first-order valence-corrected chi connectivity index (χ1v) is 9.57. The fraction of sp³-hybridized carbons (Fsp3) is 0.320. The summed E-state index contributed by atoms with van der Waals surface area (Å²) in [5.74, 6) is 0.987. The van der Waals surface area contributed by atoms with Crippen LogP contribution in [0, 0.1) is 0 Å². The monoisotopic (exact) mass is 472 g/mol. The summed E-state index contributed by atoms with van der Waals surface area (Å²) in [4.78, 5) is 41.1. The minimum Gasteiger partial charge on any atom is -0.497 e. The number of fused-ring (bicyclic) bond motifs is 1. The molecule has 0 radical (unpaired) electrons. The van der Waals surface area contributed by atoms with E-state index in [1.165, 1.54) is 14.0 Å². The number of ether oxygens (including phenoxy) is 3. The van der Waals surface area contributed by atoms with Crippen molar-refractivity contribution in [1.82, 2.24) is 9.97 Å². The molecule has 1 aromatic heterocycles. The van der Waals surface area contributed by atoms with Crippen molar-refractivity contribution in [3.63, 3.8) is 0 Å². The van der Waals surface area contributed by atoms with Gasteiger partial charge in [0, 0.05) is 30.5 Å². The van der Waals surface area contributed by atoms with E-state index >= 15 is 0 Å². The van der Waals surface area contributed by atoms with Gasteiger partial charge in [-0.1, -0.05) is 20.9 Å². The van der Waals surface area contributed by atoms with Crippen LogP contribution in [0.2, 0.25) is 0 Å². The SMILES string of the molecule is C.C.COc1ccc(CC(=O)COC(C)=O)c(C=O)c1.COc1ccc2nc(CO)ncc2c1. The highest BCUT2D eigenvalue weighted by molar-refractivity contribution is 5.87. The van der Waals surface area contributed by atoms with Gasteiger partial charge in [-0.15, -0.1) is 0 Å². The molecule has 3 aromatic rings. The van der Waals surface area contributed by atoms with Crippen molar-refractivity contribution in [2.75, 3.05) is 20.8 Å². The molecule has 0 aliphatic rings. The van der Waals surface area contributed by atoms with Gasteiger partial charge in [-0.3, -0.25) is 14.4 Å². The summed E-state index contributed by atoms with van der Waals surface area (Å²) in [6, 6.07) is 10.4. The van der Waals surface area contributed by atoms with Crippen LogP contribution < -0.4 is 9.47 Å². The van der Waals surface area contributed by atoms with Crippen molar-refractivity contribution in [3.05, 3.63) is 59.5 Å². The predicted molar refractivity (Wildman–Crippen MR) is 129 cm³/mol. The second-order valence-corrected chi connectivity index (χ2v) is 6.55. The lowest BCUT2D eigenvalue weighted by molar-refractivity contribution is -0.145. The topological polar surface area (TPSA) is 125 Å². The van der Waals surface area contributed by atoms with E-state index in [4.69, 9.17) is 14.6 Å². The third-order valence-electron chi connectivity index (χ3n) is 4.28. The van der Waals surface area contributed by atoms with Crippen LogP contribution in [0.1, 0.15) is 43.5 Å². The summed E-state index contributed by atoms with van der Waals surface area (Å²) in [6.45, 7) is 0.819. The van der Waals surface area contributed by atoms with E-state index in [2.05, 4.69) is 14.7 Å². The van der Waals surface area contributed by atoms with Crippen LogP contribution in [0.4, 0.5) is 0 Å². The highest BCUT2D eigenvalue weighted by Crippen LogP contribution is 2.18. The number of aldehydes is 1. The van der Waals surface area contributed by atoms with Gasteiger partial charge in [0.1, 0.15) is 31.0 Å². The second-order valence-electron chi connectivity index (χ2n) is 6.55. The normalized spacial score (nSPS) is 9.41. The van der Waals surface area contributed by atoms with Crippen molar-refractivity contribution >= 4 is 28.9 Å². The molecule has 0 atom stereocenters. The number of aliphatic hydroxyl groups excluding tert-OH is 1. The molecule has 3 rings (SSSR count). The van der Waals surface area contributed by atoms with E-state index in [0.29, 0.717) is 29.0 Å². The Morgan fingerprint density at radius 2 is 1.68 bits per heavy atom. The van der Waals surface area contributed by atoms with Gasteiger partial charge >= 0.3 is 5.97 Å². The first-order valence-electron chi connectivity index (χ1n) is 9.57. The molecule has 184 valence electrons. The summed E-state index contributed by atoms with van der Waals surface area (Å²) in [5, 5.41) is 9.75. The van der Waals surface area contributed by atoms with Crippen LogP contribution in [-0.4, -0.2) is 53.9 Å². The fourth-order valence-electron chi connectivity index (χ4n) is 2.67. The Kier molecular flexibility index (Phi) is 13.4. The van der Waals surface area contributed by atoms with Gasteiger partial charge in [-0.25, -0.2) is 9.97 Å². The van der Waals surface area contributed by atoms with Crippen LogP contribution in [0.3, 0.4) is 0 Å². The number of nitrogens with zero attached hydrogens (tertiary/aromatic N) is 2. The summed E-state index contributed by atoms with van der Waals surface area (Å²) < 4.78 is 14.6. The Bertz CT molecular complexity index is 1060. The number of rotatable bonds is 8. The van der Waals surface area contributed by atoms with E-state index in [0.717, 1.165) is 16.7 Å². The van der Waals surface area contributed by atoms with Crippen molar-refractivity contribution in [2.45, 2.75) is 34.8 Å². The van der Waals surface area contributed by atoms with E-state index in [-0.39, 0.29) is 40.3 Å². The number of aliphatic hydroxyl groups is 1. The van der Waals surface area contributed by atoms with Crippen LogP contribution >= 0.6 is 0 Å². The largest absolute Gasteiger partial charge is 0.497 e. The molecule has 2 aromatic carbocycles. The van der Waals surface area contributed by atoms with Gasteiger partial charge < -0.3 is 19.3 Å². The molecular formula is C25H32N2O7. The Labute approximate surface area is 199 Å². The summed E-state index contributed by atoms with van der Waals surface area (Å²) >= 11 is 0.